The highest BCUT2D eigenvalue weighted by atomic mass is 35.5. The van der Waals surface area contributed by atoms with Gasteiger partial charge in [0.05, 0.1) is 17.3 Å². The SMILES string of the molecule is Cc1cc(C)cc(OCCN(C)CC(=O)Nc2ccccc2Cl)c1. The number of amides is 1. The number of benzene rings is 2. The number of hydrogen-bond acceptors (Lipinski definition) is 3. The second-order valence-corrected chi connectivity index (χ2v) is 6.34. The summed E-state index contributed by atoms with van der Waals surface area (Å²) in [7, 11) is 1.89. The first-order chi connectivity index (χ1) is 11.4. The van der Waals surface area contributed by atoms with Crippen LogP contribution in [0, 0.1) is 13.8 Å². The molecule has 4 nitrogen and oxygen atoms in total. The number of ether oxygens (including phenoxy) is 1. The fraction of sp³-hybridized carbons (Fsp3) is 0.316. The molecule has 0 bridgehead atoms. The average Bonchev–Trinajstić information content (AvgIpc) is 2.48. The summed E-state index contributed by atoms with van der Waals surface area (Å²) < 4.78 is 5.76. The number of halogens is 1. The first-order valence-corrected chi connectivity index (χ1v) is 8.26. The number of carbonyl (C=O) groups excluding carboxylic acids is 1. The van der Waals surface area contributed by atoms with E-state index in [1.54, 1.807) is 12.1 Å². The Balaban J connectivity index is 1.75. The Labute approximate surface area is 148 Å². The van der Waals surface area contributed by atoms with Crippen molar-refractivity contribution in [2.24, 2.45) is 0 Å². The number of para-hydroxylation sites is 1. The fourth-order valence-electron chi connectivity index (χ4n) is 2.41. The first kappa shape index (κ1) is 18.3. The third-order valence-corrected chi connectivity index (χ3v) is 3.83. The standard InChI is InChI=1S/C19H23ClN2O2/c1-14-10-15(2)12-16(11-14)24-9-8-22(3)13-19(23)21-18-7-5-4-6-17(18)20/h4-7,10-12H,8-9,13H2,1-3H3,(H,21,23). The molecule has 128 valence electrons. The molecule has 0 atom stereocenters. The summed E-state index contributed by atoms with van der Waals surface area (Å²) in [4.78, 5) is 14.0. The van der Waals surface area contributed by atoms with Gasteiger partial charge in [-0.05, 0) is 56.3 Å². The Morgan fingerprint density at radius 2 is 1.83 bits per heavy atom. The van der Waals surface area contributed by atoms with Crippen molar-refractivity contribution in [3.63, 3.8) is 0 Å². The predicted octanol–water partition coefficient (Wildman–Crippen LogP) is 3.91. The number of anilines is 1. The number of aryl methyl sites for hydroxylation is 2. The van der Waals surface area contributed by atoms with Crippen molar-refractivity contribution < 1.29 is 9.53 Å². The van der Waals surface area contributed by atoms with Crippen molar-refractivity contribution in [3.8, 4) is 5.75 Å². The van der Waals surface area contributed by atoms with Crippen LogP contribution in [0.5, 0.6) is 5.75 Å². The third-order valence-electron chi connectivity index (χ3n) is 3.50. The summed E-state index contributed by atoms with van der Waals surface area (Å²) in [6.07, 6.45) is 0. The lowest BCUT2D eigenvalue weighted by Gasteiger charge is -2.17. The van der Waals surface area contributed by atoms with Crippen LogP contribution in [0.1, 0.15) is 11.1 Å². The van der Waals surface area contributed by atoms with Crippen molar-refractivity contribution in [1.82, 2.24) is 4.90 Å². The maximum Gasteiger partial charge on any atom is 0.238 e. The third kappa shape index (κ3) is 5.87. The molecule has 0 aromatic heterocycles. The molecular weight excluding hydrogens is 324 g/mol. The quantitative estimate of drug-likeness (QED) is 0.826. The lowest BCUT2D eigenvalue weighted by molar-refractivity contribution is -0.117. The van der Waals surface area contributed by atoms with Crippen LogP contribution in [0.4, 0.5) is 5.69 Å². The molecular formula is C19H23ClN2O2. The van der Waals surface area contributed by atoms with E-state index in [1.165, 1.54) is 11.1 Å². The lowest BCUT2D eigenvalue weighted by Crippen LogP contribution is -2.33. The molecule has 0 saturated carbocycles. The molecule has 2 aromatic carbocycles. The Morgan fingerprint density at radius 3 is 2.50 bits per heavy atom. The molecule has 1 amide bonds. The molecule has 1 N–H and O–H groups in total. The van der Waals surface area contributed by atoms with Gasteiger partial charge in [-0.15, -0.1) is 0 Å². The number of nitrogens with zero attached hydrogens (tertiary/aromatic N) is 1. The van der Waals surface area contributed by atoms with Crippen LogP contribution < -0.4 is 10.1 Å². The molecule has 5 heteroatoms. The number of likely N-dealkylation sites (N-methyl/N-ethyl adjacent to an activating group) is 1. The van der Waals surface area contributed by atoms with Crippen LogP contribution in [0.15, 0.2) is 42.5 Å². The van der Waals surface area contributed by atoms with Crippen molar-refractivity contribution in [3.05, 3.63) is 58.6 Å². The molecule has 2 rings (SSSR count). The van der Waals surface area contributed by atoms with Crippen LogP contribution in [0.3, 0.4) is 0 Å². The average molecular weight is 347 g/mol. The van der Waals surface area contributed by atoms with Gasteiger partial charge in [0, 0.05) is 6.54 Å². The van der Waals surface area contributed by atoms with Gasteiger partial charge in [-0.3, -0.25) is 9.69 Å². The van der Waals surface area contributed by atoms with Crippen LogP contribution in [-0.2, 0) is 4.79 Å². The number of carbonyl (C=O) groups is 1. The van der Waals surface area contributed by atoms with Gasteiger partial charge >= 0.3 is 0 Å². The predicted molar refractivity (Wildman–Crippen MR) is 99.0 cm³/mol. The molecule has 0 aliphatic rings. The Hall–Kier alpha value is -2.04. The van der Waals surface area contributed by atoms with Gasteiger partial charge in [0.2, 0.25) is 5.91 Å². The van der Waals surface area contributed by atoms with E-state index >= 15 is 0 Å². The molecule has 24 heavy (non-hydrogen) atoms. The highest BCUT2D eigenvalue weighted by molar-refractivity contribution is 6.33. The zero-order valence-corrected chi connectivity index (χ0v) is 15.1. The van der Waals surface area contributed by atoms with Gasteiger partial charge in [-0.2, -0.15) is 0 Å². The molecule has 2 aromatic rings. The van der Waals surface area contributed by atoms with Crippen molar-refractivity contribution in [2.75, 3.05) is 32.1 Å². The van der Waals surface area contributed by atoms with E-state index in [0.717, 1.165) is 5.75 Å². The molecule has 0 aliphatic carbocycles. The summed E-state index contributed by atoms with van der Waals surface area (Å²) in [5.74, 6) is 0.762. The van der Waals surface area contributed by atoms with Gasteiger partial charge in [-0.1, -0.05) is 29.8 Å². The van der Waals surface area contributed by atoms with E-state index in [0.29, 0.717) is 23.9 Å². The zero-order valence-electron chi connectivity index (χ0n) is 14.3. The summed E-state index contributed by atoms with van der Waals surface area (Å²) >= 11 is 6.03. The van der Waals surface area contributed by atoms with Gasteiger partial charge < -0.3 is 10.1 Å². The maximum atomic E-state index is 12.0. The molecule has 0 fully saturated rings. The number of hydrogen-bond donors (Lipinski definition) is 1. The minimum Gasteiger partial charge on any atom is -0.492 e. The maximum absolute atomic E-state index is 12.0. The summed E-state index contributed by atoms with van der Waals surface area (Å²) in [6, 6.07) is 13.3. The van der Waals surface area contributed by atoms with Crippen LogP contribution >= 0.6 is 11.6 Å². The second kappa shape index (κ2) is 8.71. The second-order valence-electron chi connectivity index (χ2n) is 5.94. The van der Waals surface area contributed by atoms with Gasteiger partial charge in [0.15, 0.2) is 0 Å². The van der Waals surface area contributed by atoms with Crippen LogP contribution in [0.25, 0.3) is 0 Å². The van der Waals surface area contributed by atoms with Gasteiger partial charge in [0.25, 0.3) is 0 Å². The number of rotatable bonds is 7. The topological polar surface area (TPSA) is 41.6 Å². The zero-order chi connectivity index (χ0) is 17.5. The monoisotopic (exact) mass is 346 g/mol. The molecule has 0 spiro atoms. The smallest absolute Gasteiger partial charge is 0.238 e. The largest absolute Gasteiger partial charge is 0.492 e. The van der Waals surface area contributed by atoms with E-state index in [4.69, 9.17) is 16.3 Å². The molecule has 0 unspecified atom stereocenters. The van der Waals surface area contributed by atoms with E-state index < -0.39 is 0 Å². The normalized spacial score (nSPS) is 10.7. The molecule has 0 saturated heterocycles. The minimum atomic E-state index is -0.1000. The molecule has 0 aliphatic heterocycles. The van der Waals surface area contributed by atoms with Crippen molar-refractivity contribution >= 4 is 23.2 Å². The Morgan fingerprint density at radius 1 is 1.17 bits per heavy atom. The van der Waals surface area contributed by atoms with Gasteiger partial charge in [-0.25, -0.2) is 0 Å². The van der Waals surface area contributed by atoms with Crippen LogP contribution in [0.2, 0.25) is 5.02 Å². The summed E-state index contributed by atoms with van der Waals surface area (Å²) in [5, 5.41) is 3.34. The number of nitrogens with one attached hydrogen (secondary N) is 1. The van der Waals surface area contributed by atoms with Crippen molar-refractivity contribution in [2.45, 2.75) is 13.8 Å². The van der Waals surface area contributed by atoms with Crippen LogP contribution in [-0.4, -0.2) is 37.6 Å². The van der Waals surface area contributed by atoms with Gasteiger partial charge in [0.1, 0.15) is 12.4 Å². The minimum absolute atomic E-state index is 0.1000. The fourth-order valence-corrected chi connectivity index (χ4v) is 2.60. The Kier molecular flexibility index (Phi) is 6.64. The van der Waals surface area contributed by atoms with E-state index in [9.17, 15) is 4.79 Å². The summed E-state index contributed by atoms with van der Waals surface area (Å²) in [6.45, 7) is 5.55. The van der Waals surface area contributed by atoms with Crippen molar-refractivity contribution in [1.29, 1.82) is 0 Å². The summed E-state index contributed by atoms with van der Waals surface area (Å²) in [5.41, 5.74) is 2.99. The van der Waals surface area contributed by atoms with E-state index in [2.05, 4.69) is 11.4 Å². The van der Waals surface area contributed by atoms with E-state index in [1.807, 2.05) is 50.1 Å². The highest BCUT2D eigenvalue weighted by Gasteiger charge is 2.09. The molecule has 0 radical (unpaired) electrons. The Bertz CT molecular complexity index is 683. The molecule has 0 heterocycles. The van der Waals surface area contributed by atoms with E-state index in [-0.39, 0.29) is 12.5 Å². The first-order valence-electron chi connectivity index (χ1n) is 7.88. The lowest BCUT2D eigenvalue weighted by atomic mass is 10.1. The highest BCUT2D eigenvalue weighted by Crippen LogP contribution is 2.20.